The molecule has 1 rings (SSSR count). The van der Waals surface area contributed by atoms with Crippen LogP contribution in [0.4, 0.5) is 0 Å². The standard InChI is InChI=1S/C8H18N2O6S2/c11-17(12,13)7-5-9-1-2-10(4-3-9)6-8-18(14,15)16/h1-8H2,(H,11,12,13)(H,14,15,16)/i5T2,7T2. The molecule has 1 saturated heterocycles. The van der Waals surface area contributed by atoms with Gasteiger partial charge in [0, 0.05) is 44.7 Å². The highest BCUT2D eigenvalue weighted by Gasteiger charge is 2.19. The first-order valence-corrected chi connectivity index (χ1v) is 8.13. The van der Waals surface area contributed by atoms with E-state index in [1.807, 2.05) is 0 Å². The summed E-state index contributed by atoms with van der Waals surface area (Å²) in [5.74, 6) is -0.480. The molecule has 0 amide bonds. The van der Waals surface area contributed by atoms with E-state index in [9.17, 15) is 16.8 Å². The third-order valence-electron chi connectivity index (χ3n) is 2.37. The summed E-state index contributed by atoms with van der Waals surface area (Å²) >= 11 is 0. The molecule has 1 fully saturated rings. The van der Waals surface area contributed by atoms with E-state index in [0.717, 1.165) is 4.90 Å². The molecule has 18 heavy (non-hydrogen) atoms. The maximum atomic E-state index is 11.0. The minimum atomic E-state index is -5.26. The van der Waals surface area contributed by atoms with Crippen molar-refractivity contribution in [3.05, 3.63) is 0 Å². The smallest absolute Gasteiger partial charge is 0.266 e. The van der Waals surface area contributed by atoms with Crippen molar-refractivity contribution in [1.29, 1.82) is 0 Å². The average Bonchev–Trinajstić information content (AvgIpc) is 2.34. The van der Waals surface area contributed by atoms with Crippen LogP contribution in [-0.2, 0) is 20.2 Å². The molecule has 0 unspecified atom stereocenters. The van der Waals surface area contributed by atoms with E-state index < -0.39 is 38.2 Å². The summed E-state index contributed by atoms with van der Waals surface area (Å²) < 4.78 is 90.9. The molecule has 0 aromatic carbocycles. The molecule has 0 aromatic rings. The van der Waals surface area contributed by atoms with Crippen LogP contribution in [0.5, 0.6) is 0 Å². The Labute approximate surface area is 113 Å². The lowest BCUT2D eigenvalue weighted by molar-refractivity contribution is 0.143. The van der Waals surface area contributed by atoms with Gasteiger partial charge in [0.05, 0.1) is 11.5 Å². The largest absolute Gasteiger partial charge is 0.300 e. The van der Waals surface area contributed by atoms with E-state index in [1.54, 1.807) is 4.90 Å². The Morgan fingerprint density at radius 3 is 1.89 bits per heavy atom. The van der Waals surface area contributed by atoms with Gasteiger partial charge in [-0.3, -0.25) is 18.9 Å². The molecule has 0 spiro atoms. The summed E-state index contributed by atoms with van der Waals surface area (Å²) in [4.78, 5) is 2.55. The molecule has 10 heteroatoms. The van der Waals surface area contributed by atoms with Crippen molar-refractivity contribution in [1.82, 2.24) is 9.80 Å². The second-order valence-corrected chi connectivity index (χ2v) is 6.53. The van der Waals surface area contributed by atoms with Crippen molar-refractivity contribution in [2.75, 3.05) is 50.7 Å². The minimum Gasteiger partial charge on any atom is -0.300 e. The Bertz CT molecular complexity index is 600. The molecule has 0 radical (unpaired) electrons. The van der Waals surface area contributed by atoms with Crippen molar-refractivity contribution >= 4 is 20.2 Å². The normalized spacial score (nSPS) is 25.0. The van der Waals surface area contributed by atoms with E-state index in [-0.39, 0.29) is 32.7 Å². The first kappa shape index (κ1) is 10.5. The van der Waals surface area contributed by atoms with E-state index >= 15 is 0 Å². The van der Waals surface area contributed by atoms with Gasteiger partial charge < -0.3 is 0 Å². The van der Waals surface area contributed by atoms with E-state index in [4.69, 9.17) is 14.6 Å². The van der Waals surface area contributed by atoms with E-state index in [0.29, 0.717) is 0 Å². The molecule has 8 nitrogen and oxygen atoms in total. The van der Waals surface area contributed by atoms with Gasteiger partial charge in [-0.05, 0) is 0 Å². The van der Waals surface area contributed by atoms with Crippen LogP contribution in [0.1, 0.15) is 5.48 Å². The first-order chi connectivity index (χ1) is 9.68. The van der Waals surface area contributed by atoms with Gasteiger partial charge >= 0.3 is 0 Å². The minimum absolute atomic E-state index is 0.0286. The van der Waals surface area contributed by atoms with Gasteiger partial charge in [-0.2, -0.15) is 16.8 Å². The van der Waals surface area contributed by atoms with Crippen LogP contribution >= 0.6 is 0 Å². The molecule has 0 aromatic heterocycles. The topological polar surface area (TPSA) is 115 Å². The van der Waals surface area contributed by atoms with Crippen LogP contribution < -0.4 is 0 Å². The molecule has 108 valence electrons. The molecule has 0 bridgehead atoms. The molecule has 1 heterocycles. The maximum Gasteiger partial charge on any atom is 0.266 e. The summed E-state index contributed by atoms with van der Waals surface area (Å²) in [6.07, 6.45) is 0. The summed E-state index contributed by atoms with van der Waals surface area (Å²) in [6.45, 7) is -2.72. The zero-order chi connectivity index (χ0) is 17.4. The first-order valence-electron chi connectivity index (χ1n) is 7.08. The predicted molar refractivity (Wildman–Crippen MR) is 65.7 cm³/mol. The van der Waals surface area contributed by atoms with Crippen LogP contribution in [0.3, 0.4) is 0 Å². The van der Waals surface area contributed by atoms with Gasteiger partial charge in [-0.25, -0.2) is 0 Å². The molecule has 0 atom stereocenters. The van der Waals surface area contributed by atoms with Crippen LogP contribution in [0, 0.1) is 0 Å². The second-order valence-electron chi connectivity index (χ2n) is 3.80. The number of nitrogens with zero attached hydrogens (tertiary/aromatic N) is 2. The maximum absolute atomic E-state index is 11.0. The molecule has 1 aliphatic rings. The quantitative estimate of drug-likeness (QED) is 0.562. The molecule has 1 aliphatic heterocycles. The fraction of sp³-hybridized carbons (Fsp3) is 1.00. The molecule has 0 saturated carbocycles. The Morgan fingerprint density at radius 1 is 0.944 bits per heavy atom. The van der Waals surface area contributed by atoms with Gasteiger partial charge in [0.2, 0.25) is 0 Å². The zero-order valence-corrected chi connectivity index (χ0v) is 11.1. The fourth-order valence-corrected chi connectivity index (χ4v) is 2.18. The van der Waals surface area contributed by atoms with E-state index in [2.05, 4.69) is 0 Å². The number of hydrogen-bond donors (Lipinski definition) is 2. The van der Waals surface area contributed by atoms with Crippen LogP contribution in [0.15, 0.2) is 0 Å². The van der Waals surface area contributed by atoms with Crippen molar-refractivity contribution in [2.45, 2.75) is 0 Å². The zero-order valence-electron chi connectivity index (χ0n) is 13.5. The lowest BCUT2D eigenvalue weighted by Crippen LogP contribution is -2.48. The Hall–Kier alpha value is -0.260. The van der Waals surface area contributed by atoms with Crippen LogP contribution in [0.2, 0.25) is 0 Å². The van der Waals surface area contributed by atoms with Crippen molar-refractivity contribution in [3.63, 3.8) is 0 Å². The monoisotopic (exact) mass is 310 g/mol. The average molecular weight is 310 g/mol. The van der Waals surface area contributed by atoms with E-state index in [1.165, 1.54) is 0 Å². The summed E-state index contributed by atoms with van der Waals surface area (Å²) in [6, 6.07) is 0. The Kier molecular flexibility index (Phi) is 3.66. The predicted octanol–water partition coefficient (Wildman–Crippen LogP) is -1.62. The number of hydrogen-bond acceptors (Lipinski definition) is 6. The summed E-state index contributed by atoms with van der Waals surface area (Å²) in [5, 5.41) is 0. The molecular weight excluding hydrogens is 284 g/mol. The second kappa shape index (κ2) is 6.26. The molecule has 2 N–H and O–H groups in total. The van der Waals surface area contributed by atoms with Gasteiger partial charge in [-0.15, -0.1) is 0 Å². The Balaban J connectivity index is 2.71. The Morgan fingerprint density at radius 2 is 1.44 bits per heavy atom. The lowest BCUT2D eigenvalue weighted by atomic mass is 10.3. The van der Waals surface area contributed by atoms with Gasteiger partial charge in [0.15, 0.2) is 0 Å². The third-order valence-corrected chi connectivity index (χ3v) is 3.42. The highest BCUT2D eigenvalue weighted by Crippen LogP contribution is 2.02. The molecular formula is C8H18N2O6S2. The van der Waals surface area contributed by atoms with Crippen molar-refractivity contribution < 1.29 is 31.4 Å². The van der Waals surface area contributed by atoms with Crippen LogP contribution in [0.25, 0.3) is 0 Å². The van der Waals surface area contributed by atoms with Gasteiger partial charge in [0.1, 0.15) is 0 Å². The fourth-order valence-electron chi connectivity index (χ4n) is 1.45. The summed E-state index contributed by atoms with van der Waals surface area (Å²) in [7, 11) is -9.37. The van der Waals surface area contributed by atoms with Gasteiger partial charge in [0.25, 0.3) is 20.2 Å². The summed E-state index contributed by atoms with van der Waals surface area (Å²) in [5.41, 5.74) is -3.50. The van der Waals surface area contributed by atoms with Crippen molar-refractivity contribution in [3.8, 4) is 0 Å². The third kappa shape index (κ3) is 7.24. The SMILES string of the molecule is [3H]C([3H])(N1CCN(CCS(=O)(=O)O)CC1)C([3H])([3H])S(=O)(=O)O. The highest BCUT2D eigenvalue weighted by atomic mass is 32.2. The van der Waals surface area contributed by atoms with Crippen molar-refractivity contribution in [2.24, 2.45) is 0 Å². The van der Waals surface area contributed by atoms with Crippen LogP contribution in [-0.4, -0.2) is 86.4 Å². The number of piperazine rings is 1. The highest BCUT2D eigenvalue weighted by molar-refractivity contribution is 7.86. The van der Waals surface area contributed by atoms with Gasteiger partial charge in [-0.1, -0.05) is 0 Å². The lowest BCUT2D eigenvalue weighted by Gasteiger charge is -2.34. The molecule has 0 aliphatic carbocycles. The number of rotatable bonds is 6.